The molecular formula is C25H31N3O3. The topological polar surface area (TPSA) is 54.8 Å². The van der Waals surface area contributed by atoms with Crippen molar-refractivity contribution < 1.29 is 9.53 Å². The lowest BCUT2D eigenvalue weighted by molar-refractivity contribution is -0.138. The Morgan fingerprint density at radius 2 is 2.00 bits per heavy atom. The van der Waals surface area contributed by atoms with Crippen molar-refractivity contribution >= 4 is 5.91 Å². The zero-order valence-corrected chi connectivity index (χ0v) is 18.4. The normalized spacial score (nSPS) is 27.7. The number of aromatic nitrogens is 1. The molecule has 4 atom stereocenters. The van der Waals surface area contributed by atoms with Gasteiger partial charge in [0.1, 0.15) is 5.75 Å². The Bertz CT molecular complexity index is 1030. The molecule has 2 saturated heterocycles. The van der Waals surface area contributed by atoms with E-state index in [0.717, 1.165) is 62.3 Å². The number of hydrogen-bond donors (Lipinski definition) is 0. The Labute approximate surface area is 183 Å². The highest BCUT2D eigenvalue weighted by atomic mass is 16.5. The van der Waals surface area contributed by atoms with Crippen molar-refractivity contribution in [1.82, 2.24) is 14.4 Å². The second-order valence-corrected chi connectivity index (χ2v) is 9.36. The number of pyridine rings is 1. The van der Waals surface area contributed by atoms with Crippen LogP contribution in [0.1, 0.15) is 42.5 Å². The minimum atomic E-state index is 0.00799. The van der Waals surface area contributed by atoms with Gasteiger partial charge in [0, 0.05) is 36.8 Å². The molecule has 31 heavy (non-hydrogen) atoms. The number of carbonyl (C=O) groups is 1. The van der Waals surface area contributed by atoms with Crippen molar-refractivity contribution in [1.29, 1.82) is 0 Å². The maximum absolute atomic E-state index is 13.4. The van der Waals surface area contributed by atoms with Crippen molar-refractivity contribution in [2.75, 3.05) is 33.8 Å². The van der Waals surface area contributed by atoms with Gasteiger partial charge in [0.15, 0.2) is 0 Å². The van der Waals surface area contributed by atoms with Crippen LogP contribution in [0.15, 0.2) is 47.3 Å². The number of amides is 1. The molecule has 0 unspecified atom stereocenters. The summed E-state index contributed by atoms with van der Waals surface area (Å²) in [5, 5.41) is 0. The lowest BCUT2D eigenvalue weighted by Gasteiger charge is -2.47. The molecule has 1 aromatic carbocycles. The number of piperidine rings is 1. The number of likely N-dealkylation sites (tertiary alicyclic amines) is 2. The molecule has 6 heteroatoms. The van der Waals surface area contributed by atoms with Crippen LogP contribution in [0.3, 0.4) is 0 Å². The molecule has 2 fully saturated rings. The van der Waals surface area contributed by atoms with Crippen LogP contribution in [0.5, 0.6) is 5.75 Å². The first kappa shape index (κ1) is 20.3. The van der Waals surface area contributed by atoms with Crippen molar-refractivity contribution in [2.45, 2.75) is 43.7 Å². The Morgan fingerprint density at radius 1 is 1.16 bits per heavy atom. The summed E-state index contributed by atoms with van der Waals surface area (Å²) in [5.74, 6) is 1.59. The van der Waals surface area contributed by atoms with Crippen LogP contribution in [0.2, 0.25) is 0 Å². The van der Waals surface area contributed by atoms with Gasteiger partial charge in [-0.05, 0) is 69.0 Å². The Hall–Kier alpha value is -2.60. The maximum atomic E-state index is 13.4. The standard InChI is InChI=1S/C25H31N3O3/c1-26-11-5-9-22(26)25(30)27-15-18-14-19(16-27)23(28-21(18)8-4-10-24(28)29)13-17-6-3-7-20(12-17)31-2/h3-4,6-8,10,12,18-19,22-23H,5,9,11,13-16H2,1-2H3/t18-,19+,22+,23+/m1/s1. The Balaban J connectivity index is 1.48. The summed E-state index contributed by atoms with van der Waals surface area (Å²) in [7, 11) is 3.73. The summed E-state index contributed by atoms with van der Waals surface area (Å²) >= 11 is 0. The number of fused-ring (bicyclic) bond motifs is 4. The number of rotatable bonds is 4. The SMILES string of the molecule is COc1cccc(C[C@H]2[C@H]3C[C@H](CN(C(=O)[C@@H]4CCCN4C)C3)c3cccc(=O)n32)c1. The van der Waals surface area contributed by atoms with Crippen molar-refractivity contribution in [3.63, 3.8) is 0 Å². The van der Waals surface area contributed by atoms with E-state index in [9.17, 15) is 9.59 Å². The number of benzene rings is 1. The maximum Gasteiger partial charge on any atom is 0.251 e. The molecule has 0 N–H and O–H groups in total. The van der Waals surface area contributed by atoms with Gasteiger partial charge in [0.25, 0.3) is 5.56 Å². The molecule has 1 aromatic heterocycles. The molecule has 3 aliphatic rings. The van der Waals surface area contributed by atoms with Crippen LogP contribution in [0.25, 0.3) is 0 Å². The molecule has 0 spiro atoms. The van der Waals surface area contributed by atoms with E-state index < -0.39 is 0 Å². The third-order valence-electron chi connectivity index (χ3n) is 7.49. The van der Waals surface area contributed by atoms with E-state index in [4.69, 9.17) is 4.74 Å². The van der Waals surface area contributed by atoms with Crippen molar-refractivity contribution in [3.8, 4) is 5.75 Å². The van der Waals surface area contributed by atoms with Gasteiger partial charge in [0.05, 0.1) is 13.2 Å². The monoisotopic (exact) mass is 421 g/mol. The predicted octanol–water partition coefficient (Wildman–Crippen LogP) is 2.68. The quantitative estimate of drug-likeness (QED) is 0.762. The van der Waals surface area contributed by atoms with Crippen molar-refractivity contribution in [3.05, 3.63) is 64.1 Å². The molecule has 5 rings (SSSR count). The molecule has 0 radical (unpaired) electrons. The van der Waals surface area contributed by atoms with E-state index in [0.29, 0.717) is 0 Å². The van der Waals surface area contributed by atoms with Crippen LogP contribution in [-0.4, -0.2) is 60.1 Å². The minimum Gasteiger partial charge on any atom is -0.497 e. The number of hydrogen-bond acceptors (Lipinski definition) is 4. The summed E-state index contributed by atoms with van der Waals surface area (Å²) in [6.07, 6.45) is 3.83. The fourth-order valence-electron chi connectivity index (χ4n) is 5.96. The van der Waals surface area contributed by atoms with Crippen LogP contribution >= 0.6 is 0 Å². The van der Waals surface area contributed by atoms with Gasteiger partial charge in [-0.3, -0.25) is 14.5 Å². The summed E-state index contributed by atoms with van der Waals surface area (Å²) in [5.41, 5.74) is 2.30. The highest BCUT2D eigenvalue weighted by Gasteiger charge is 2.43. The van der Waals surface area contributed by atoms with E-state index >= 15 is 0 Å². The molecule has 3 aliphatic heterocycles. The van der Waals surface area contributed by atoms with Crippen molar-refractivity contribution in [2.24, 2.45) is 5.92 Å². The van der Waals surface area contributed by atoms with Crippen LogP contribution in [0.4, 0.5) is 0 Å². The number of nitrogens with zero attached hydrogens (tertiary/aromatic N) is 3. The number of carbonyl (C=O) groups excluding carboxylic acids is 1. The molecule has 1 amide bonds. The van der Waals surface area contributed by atoms with Gasteiger partial charge in [-0.25, -0.2) is 0 Å². The second kappa shape index (κ2) is 8.15. The zero-order chi connectivity index (χ0) is 21.5. The van der Waals surface area contributed by atoms with E-state index in [1.807, 2.05) is 22.8 Å². The largest absolute Gasteiger partial charge is 0.497 e. The first-order chi connectivity index (χ1) is 15.0. The first-order valence-electron chi connectivity index (χ1n) is 11.4. The highest BCUT2D eigenvalue weighted by molar-refractivity contribution is 5.82. The molecule has 2 aromatic rings. The third kappa shape index (κ3) is 3.67. The van der Waals surface area contributed by atoms with Gasteiger partial charge in [-0.1, -0.05) is 18.2 Å². The highest BCUT2D eigenvalue weighted by Crippen LogP contribution is 2.43. The average Bonchev–Trinajstić information content (AvgIpc) is 3.22. The molecule has 164 valence electrons. The van der Waals surface area contributed by atoms with Crippen LogP contribution in [0, 0.1) is 5.92 Å². The van der Waals surface area contributed by atoms with E-state index in [1.54, 1.807) is 13.2 Å². The number of ether oxygens (including phenoxy) is 1. The average molecular weight is 422 g/mol. The zero-order valence-electron chi connectivity index (χ0n) is 18.4. The fourth-order valence-corrected chi connectivity index (χ4v) is 5.96. The fraction of sp³-hybridized carbons (Fsp3) is 0.520. The van der Waals surface area contributed by atoms with Gasteiger partial charge >= 0.3 is 0 Å². The predicted molar refractivity (Wildman–Crippen MR) is 120 cm³/mol. The molecule has 6 nitrogen and oxygen atoms in total. The van der Waals surface area contributed by atoms with Gasteiger partial charge in [-0.2, -0.15) is 0 Å². The summed E-state index contributed by atoms with van der Waals surface area (Å²) in [6, 6.07) is 13.8. The Kier molecular flexibility index (Phi) is 5.34. The number of methoxy groups -OCH3 is 1. The molecular weight excluding hydrogens is 390 g/mol. The summed E-state index contributed by atoms with van der Waals surface area (Å²) in [6.45, 7) is 2.44. The van der Waals surface area contributed by atoms with E-state index in [2.05, 4.69) is 35.0 Å². The lowest BCUT2D eigenvalue weighted by Crippen LogP contribution is -2.54. The van der Waals surface area contributed by atoms with Crippen LogP contribution in [-0.2, 0) is 11.2 Å². The molecule has 0 saturated carbocycles. The first-order valence-corrected chi connectivity index (χ1v) is 11.4. The van der Waals surface area contributed by atoms with Crippen LogP contribution < -0.4 is 10.3 Å². The smallest absolute Gasteiger partial charge is 0.251 e. The molecule has 2 bridgehead atoms. The minimum absolute atomic E-state index is 0.00799. The van der Waals surface area contributed by atoms with E-state index in [-0.39, 0.29) is 35.4 Å². The lowest BCUT2D eigenvalue weighted by atomic mass is 9.76. The molecule has 0 aliphatic carbocycles. The number of likely N-dealkylation sites (N-methyl/N-ethyl adjacent to an activating group) is 1. The van der Waals surface area contributed by atoms with Gasteiger partial charge < -0.3 is 14.2 Å². The van der Waals surface area contributed by atoms with Gasteiger partial charge in [0.2, 0.25) is 5.91 Å². The van der Waals surface area contributed by atoms with Gasteiger partial charge in [-0.15, -0.1) is 0 Å². The third-order valence-corrected chi connectivity index (χ3v) is 7.49. The summed E-state index contributed by atoms with van der Waals surface area (Å²) in [4.78, 5) is 30.6. The Morgan fingerprint density at radius 3 is 2.77 bits per heavy atom. The summed E-state index contributed by atoms with van der Waals surface area (Å²) < 4.78 is 7.42. The van der Waals surface area contributed by atoms with E-state index in [1.165, 1.54) is 0 Å². The molecule has 4 heterocycles. The second-order valence-electron chi connectivity index (χ2n) is 9.36.